The van der Waals surface area contributed by atoms with Crippen molar-refractivity contribution in [3.8, 4) is 5.75 Å². The number of carbonyl (C=O) groups excluding carboxylic acids is 2. The van der Waals surface area contributed by atoms with E-state index in [9.17, 15) is 14.7 Å². The fraction of sp³-hybridized carbons (Fsp3) is 0.364. The van der Waals surface area contributed by atoms with E-state index in [0.29, 0.717) is 35.1 Å². The van der Waals surface area contributed by atoms with E-state index in [1.807, 2.05) is 0 Å². The number of aliphatic hydroxyl groups is 1. The molecule has 0 atom stereocenters. The highest BCUT2D eigenvalue weighted by Gasteiger charge is 2.23. The predicted octanol–water partition coefficient (Wildman–Crippen LogP) is 3.59. The van der Waals surface area contributed by atoms with E-state index < -0.39 is 0 Å². The Morgan fingerprint density at radius 1 is 1.14 bits per heavy atom. The third-order valence-corrected chi connectivity index (χ3v) is 5.18. The zero-order chi connectivity index (χ0) is 20.6. The van der Waals surface area contributed by atoms with E-state index in [1.165, 1.54) is 0 Å². The summed E-state index contributed by atoms with van der Waals surface area (Å²) >= 11 is 5.90. The topological polar surface area (TPSA) is 78.9 Å². The molecule has 0 spiro atoms. The van der Waals surface area contributed by atoms with Crippen LogP contribution >= 0.6 is 11.6 Å². The number of carbonyl (C=O) groups is 2. The molecular weight excluding hydrogens is 392 g/mol. The summed E-state index contributed by atoms with van der Waals surface area (Å²) in [4.78, 5) is 26.7. The first-order valence-corrected chi connectivity index (χ1v) is 10.1. The monoisotopic (exact) mass is 416 g/mol. The molecule has 0 saturated carbocycles. The third-order valence-electron chi connectivity index (χ3n) is 4.95. The van der Waals surface area contributed by atoms with E-state index in [1.54, 1.807) is 53.4 Å². The third kappa shape index (κ3) is 6.21. The highest BCUT2D eigenvalue weighted by atomic mass is 35.5. The molecule has 1 fully saturated rings. The van der Waals surface area contributed by atoms with Crippen LogP contribution in [0.4, 0.5) is 5.69 Å². The molecule has 0 aromatic heterocycles. The number of piperidine rings is 1. The van der Waals surface area contributed by atoms with Crippen LogP contribution in [0, 0.1) is 5.92 Å². The van der Waals surface area contributed by atoms with Crippen molar-refractivity contribution in [1.29, 1.82) is 0 Å². The van der Waals surface area contributed by atoms with Crippen LogP contribution in [0.3, 0.4) is 0 Å². The summed E-state index contributed by atoms with van der Waals surface area (Å²) in [6, 6.07) is 14.0. The highest BCUT2D eigenvalue weighted by molar-refractivity contribution is 6.30. The molecule has 0 radical (unpaired) electrons. The van der Waals surface area contributed by atoms with Crippen molar-refractivity contribution in [1.82, 2.24) is 4.90 Å². The molecule has 2 amide bonds. The lowest BCUT2D eigenvalue weighted by Crippen LogP contribution is -2.39. The van der Waals surface area contributed by atoms with Gasteiger partial charge in [-0.3, -0.25) is 9.59 Å². The lowest BCUT2D eigenvalue weighted by atomic mass is 9.97. The second kappa shape index (κ2) is 10.3. The van der Waals surface area contributed by atoms with Crippen molar-refractivity contribution in [3.05, 3.63) is 59.1 Å². The number of likely N-dealkylation sites (tertiary alicyclic amines) is 1. The van der Waals surface area contributed by atoms with Gasteiger partial charge in [0.2, 0.25) is 5.91 Å². The van der Waals surface area contributed by atoms with Gasteiger partial charge in [0.1, 0.15) is 5.75 Å². The fourth-order valence-corrected chi connectivity index (χ4v) is 3.45. The summed E-state index contributed by atoms with van der Waals surface area (Å²) < 4.78 is 5.53. The number of nitrogens with zero attached hydrogens (tertiary/aromatic N) is 1. The minimum atomic E-state index is -0.194. The number of ether oxygens (including phenoxy) is 1. The molecule has 2 N–H and O–H groups in total. The molecule has 1 saturated heterocycles. The maximum atomic E-state index is 12.7. The first-order valence-electron chi connectivity index (χ1n) is 9.73. The summed E-state index contributed by atoms with van der Waals surface area (Å²) in [6.45, 7) is 1.68. The number of aliphatic hydroxyl groups excluding tert-OH is 1. The van der Waals surface area contributed by atoms with Crippen LogP contribution in [0.25, 0.3) is 0 Å². The minimum Gasteiger partial charge on any atom is -0.493 e. The van der Waals surface area contributed by atoms with Gasteiger partial charge in [-0.15, -0.1) is 0 Å². The Morgan fingerprint density at radius 3 is 2.62 bits per heavy atom. The lowest BCUT2D eigenvalue weighted by molar-refractivity contribution is -0.116. The molecule has 1 aliphatic rings. The summed E-state index contributed by atoms with van der Waals surface area (Å²) in [5.74, 6) is 0.642. The molecular formula is C22H25ClN2O4. The molecule has 7 heteroatoms. The van der Waals surface area contributed by atoms with Gasteiger partial charge in [-0.05, 0) is 55.2 Å². The predicted molar refractivity (Wildman–Crippen MR) is 112 cm³/mol. The van der Waals surface area contributed by atoms with Crippen molar-refractivity contribution in [2.24, 2.45) is 5.92 Å². The SMILES string of the molecule is O=C(CCOc1cccc(Cl)c1)Nc1cccc(C(=O)N2CCC(CO)CC2)c1. The van der Waals surface area contributed by atoms with Gasteiger partial charge in [-0.2, -0.15) is 0 Å². The van der Waals surface area contributed by atoms with E-state index >= 15 is 0 Å². The Labute approximate surface area is 175 Å². The van der Waals surface area contributed by atoms with Crippen LogP contribution in [0.15, 0.2) is 48.5 Å². The quantitative estimate of drug-likeness (QED) is 0.722. The zero-order valence-corrected chi connectivity index (χ0v) is 16.9. The van der Waals surface area contributed by atoms with Gasteiger partial charge >= 0.3 is 0 Å². The molecule has 1 aliphatic heterocycles. The maximum Gasteiger partial charge on any atom is 0.253 e. The smallest absolute Gasteiger partial charge is 0.253 e. The summed E-state index contributed by atoms with van der Waals surface area (Å²) in [5.41, 5.74) is 1.12. The van der Waals surface area contributed by atoms with Crippen LogP contribution in [0.2, 0.25) is 5.02 Å². The van der Waals surface area contributed by atoms with E-state index in [0.717, 1.165) is 12.8 Å². The number of amides is 2. The van der Waals surface area contributed by atoms with Gasteiger partial charge in [0.25, 0.3) is 5.91 Å². The van der Waals surface area contributed by atoms with Crippen LogP contribution < -0.4 is 10.1 Å². The number of hydrogen-bond donors (Lipinski definition) is 2. The second-order valence-electron chi connectivity index (χ2n) is 7.10. The molecule has 29 heavy (non-hydrogen) atoms. The summed E-state index contributed by atoms with van der Waals surface area (Å²) in [7, 11) is 0. The summed E-state index contributed by atoms with van der Waals surface area (Å²) in [6.07, 6.45) is 1.80. The van der Waals surface area contributed by atoms with Crippen molar-refractivity contribution >= 4 is 29.1 Å². The first kappa shape index (κ1) is 21.1. The molecule has 0 unspecified atom stereocenters. The van der Waals surface area contributed by atoms with E-state index in [2.05, 4.69) is 5.32 Å². The van der Waals surface area contributed by atoms with E-state index in [-0.39, 0.29) is 37.4 Å². The Kier molecular flexibility index (Phi) is 7.49. The molecule has 2 aromatic rings. The number of anilines is 1. The fourth-order valence-electron chi connectivity index (χ4n) is 3.27. The minimum absolute atomic E-state index is 0.0539. The van der Waals surface area contributed by atoms with Crippen LogP contribution in [-0.2, 0) is 4.79 Å². The lowest BCUT2D eigenvalue weighted by Gasteiger charge is -2.31. The average molecular weight is 417 g/mol. The van der Waals surface area contributed by atoms with Gasteiger partial charge < -0.3 is 20.1 Å². The number of rotatable bonds is 7. The van der Waals surface area contributed by atoms with Crippen molar-refractivity contribution in [2.45, 2.75) is 19.3 Å². The highest BCUT2D eigenvalue weighted by Crippen LogP contribution is 2.20. The average Bonchev–Trinajstić information content (AvgIpc) is 2.73. The van der Waals surface area contributed by atoms with Crippen molar-refractivity contribution in [3.63, 3.8) is 0 Å². The number of halogens is 1. The Bertz CT molecular complexity index is 850. The molecule has 2 aromatic carbocycles. The zero-order valence-electron chi connectivity index (χ0n) is 16.1. The van der Waals surface area contributed by atoms with Crippen molar-refractivity contribution < 1.29 is 19.4 Å². The standard InChI is InChI=1S/C22H25ClN2O4/c23-18-4-2-6-20(14-18)29-12-9-21(27)24-19-5-1-3-17(13-19)22(28)25-10-7-16(15-26)8-11-25/h1-6,13-14,16,26H,7-12,15H2,(H,24,27). The number of nitrogens with one attached hydrogen (secondary N) is 1. The molecule has 3 rings (SSSR count). The Balaban J connectivity index is 1.50. The Morgan fingerprint density at radius 2 is 1.90 bits per heavy atom. The first-order chi connectivity index (χ1) is 14.0. The molecule has 0 bridgehead atoms. The second-order valence-corrected chi connectivity index (χ2v) is 7.54. The van der Waals surface area contributed by atoms with Crippen LogP contribution in [0.5, 0.6) is 5.75 Å². The van der Waals surface area contributed by atoms with Gasteiger partial charge in [0, 0.05) is 36.0 Å². The van der Waals surface area contributed by atoms with Gasteiger partial charge in [-0.25, -0.2) is 0 Å². The molecule has 0 aliphatic carbocycles. The van der Waals surface area contributed by atoms with Crippen LogP contribution in [0.1, 0.15) is 29.6 Å². The van der Waals surface area contributed by atoms with E-state index in [4.69, 9.17) is 16.3 Å². The number of hydrogen-bond acceptors (Lipinski definition) is 4. The van der Waals surface area contributed by atoms with Gasteiger partial charge in [-0.1, -0.05) is 23.7 Å². The molecule has 1 heterocycles. The maximum absolute atomic E-state index is 12.7. The Hall–Kier alpha value is -2.57. The summed E-state index contributed by atoms with van der Waals surface area (Å²) in [5, 5.41) is 12.6. The molecule has 154 valence electrons. The van der Waals surface area contributed by atoms with Crippen molar-refractivity contribution in [2.75, 3.05) is 31.6 Å². The van der Waals surface area contributed by atoms with Crippen LogP contribution in [-0.4, -0.2) is 48.1 Å². The normalized spacial score (nSPS) is 14.5. The largest absolute Gasteiger partial charge is 0.493 e. The number of benzene rings is 2. The van der Waals surface area contributed by atoms with Gasteiger partial charge in [0.15, 0.2) is 0 Å². The van der Waals surface area contributed by atoms with Gasteiger partial charge in [0.05, 0.1) is 13.0 Å². The molecule has 6 nitrogen and oxygen atoms in total.